The number of phosphoric acid groups is 1. The van der Waals surface area contributed by atoms with Crippen LogP contribution in [0.5, 0.6) is 0 Å². The molecule has 6 atom stereocenters. The third-order valence-corrected chi connectivity index (χ3v) is 11.4. The van der Waals surface area contributed by atoms with Crippen LogP contribution in [0.25, 0.3) is 22.3 Å². The number of phosphoric ester groups is 1. The van der Waals surface area contributed by atoms with Gasteiger partial charge < -0.3 is 23.8 Å². The van der Waals surface area contributed by atoms with Crippen molar-refractivity contribution in [1.29, 1.82) is 0 Å². The molecule has 15 nitrogen and oxygen atoms in total. The molecule has 4 aromatic rings. The number of benzene rings is 1. The Balaban J connectivity index is 1.04. The molecule has 0 saturated carbocycles. The Bertz CT molecular complexity index is 2250. The Morgan fingerprint density at radius 1 is 1.20 bits per heavy atom. The number of hydrogen-bond donors (Lipinski definition) is 1. The number of esters is 1. The Morgan fingerprint density at radius 2 is 2.00 bits per heavy atom. The molecule has 1 unspecified atom stereocenters. The number of carbonyl (C=O) groups excluding carboxylic acids is 2. The molecular formula is C35H37N6O9P. The van der Waals surface area contributed by atoms with Gasteiger partial charge >= 0.3 is 13.8 Å². The first-order valence-corrected chi connectivity index (χ1v) is 18.4. The van der Waals surface area contributed by atoms with Crippen LogP contribution >= 0.6 is 7.82 Å². The smallest absolute Gasteiger partial charge is 0.458 e. The fourth-order valence-electron chi connectivity index (χ4n) is 7.52. The van der Waals surface area contributed by atoms with E-state index in [-0.39, 0.29) is 55.0 Å². The Kier molecular flexibility index (Phi) is 8.11. The number of cyclic esters (lactones) is 1. The highest BCUT2D eigenvalue weighted by Gasteiger charge is 2.53. The van der Waals surface area contributed by atoms with Crippen LogP contribution in [0.2, 0.25) is 0 Å². The SMILES string of the molecule is CC[C@@]1(OP(=O)(O)OC[C@H]2O[C@@H](n3cnc4c3N=CN(C(C)=O)C[C@H]4C)C[C@@H]2C)C(=O)OCc2c1cc1n(c2=O)Cc2cc3ccccc3nc2-1. The van der Waals surface area contributed by atoms with Gasteiger partial charge in [-0.25, -0.2) is 24.3 Å². The highest BCUT2D eigenvalue weighted by atomic mass is 31.2. The van der Waals surface area contributed by atoms with Gasteiger partial charge in [-0.1, -0.05) is 39.0 Å². The number of fused-ring (bicyclic) bond motifs is 6. The predicted molar refractivity (Wildman–Crippen MR) is 183 cm³/mol. The van der Waals surface area contributed by atoms with Crippen molar-refractivity contribution in [2.75, 3.05) is 13.2 Å². The van der Waals surface area contributed by atoms with Crippen LogP contribution in [0.15, 0.2) is 52.5 Å². The van der Waals surface area contributed by atoms with E-state index < -0.39 is 37.3 Å². The molecule has 51 heavy (non-hydrogen) atoms. The fourth-order valence-corrected chi connectivity index (χ4v) is 8.61. The highest BCUT2D eigenvalue weighted by Crippen LogP contribution is 2.54. The van der Waals surface area contributed by atoms with Crippen LogP contribution < -0.4 is 5.56 Å². The van der Waals surface area contributed by atoms with Gasteiger partial charge in [-0.3, -0.25) is 23.2 Å². The third kappa shape index (κ3) is 5.55. The minimum Gasteiger partial charge on any atom is -0.458 e. The molecule has 4 aliphatic heterocycles. The molecule has 266 valence electrons. The number of para-hydroxylation sites is 1. The number of aromatic nitrogens is 4. The van der Waals surface area contributed by atoms with E-state index >= 15 is 0 Å². The van der Waals surface area contributed by atoms with Crippen molar-refractivity contribution in [3.63, 3.8) is 0 Å². The van der Waals surface area contributed by atoms with E-state index in [1.807, 2.05) is 44.2 Å². The quantitative estimate of drug-likeness (QED) is 0.183. The van der Waals surface area contributed by atoms with Crippen molar-refractivity contribution < 1.29 is 37.6 Å². The molecule has 7 heterocycles. The Morgan fingerprint density at radius 3 is 2.78 bits per heavy atom. The second-order valence-corrected chi connectivity index (χ2v) is 15.0. The number of imidazole rings is 1. The van der Waals surface area contributed by atoms with Crippen molar-refractivity contribution in [1.82, 2.24) is 24.0 Å². The average molecular weight is 717 g/mol. The maximum atomic E-state index is 13.9. The van der Waals surface area contributed by atoms with E-state index in [1.165, 1.54) is 18.2 Å². The summed E-state index contributed by atoms with van der Waals surface area (Å²) in [7, 11) is -4.96. The molecule has 0 aliphatic carbocycles. The minimum absolute atomic E-state index is 0.0613. The topological polar surface area (TPSA) is 177 Å². The van der Waals surface area contributed by atoms with Gasteiger partial charge in [-0.2, -0.15) is 0 Å². The number of rotatable bonds is 7. The van der Waals surface area contributed by atoms with Crippen LogP contribution in [0.4, 0.5) is 5.82 Å². The molecular weight excluding hydrogens is 679 g/mol. The lowest BCUT2D eigenvalue weighted by atomic mass is 9.86. The zero-order valence-electron chi connectivity index (χ0n) is 28.5. The van der Waals surface area contributed by atoms with Crippen LogP contribution in [0.3, 0.4) is 0 Å². The zero-order chi connectivity index (χ0) is 35.8. The number of nitrogens with zero attached hydrogens (tertiary/aromatic N) is 6. The second kappa shape index (κ2) is 12.3. The first kappa shape index (κ1) is 33.6. The lowest BCUT2D eigenvalue weighted by Gasteiger charge is -2.36. The predicted octanol–water partition coefficient (Wildman–Crippen LogP) is 4.67. The largest absolute Gasteiger partial charge is 0.473 e. The number of pyridine rings is 2. The van der Waals surface area contributed by atoms with Crippen molar-refractivity contribution >= 4 is 42.8 Å². The lowest BCUT2D eigenvalue weighted by Crippen LogP contribution is -2.46. The zero-order valence-corrected chi connectivity index (χ0v) is 29.4. The summed E-state index contributed by atoms with van der Waals surface area (Å²) in [6.07, 6.45) is 2.45. The number of carbonyl (C=O) groups is 2. The van der Waals surface area contributed by atoms with Gasteiger partial charge in [0.15, 0.2) is 5.82 Å². The molecule has 1 N–H and O–H groups in total. The summed E-state index contributed by atoms with van der Waals surface area (Å²) in [5.41, 5.74) is 1.24. The summed E-state index contributed by atoms with van der Waals surface area (Å²) in [4.78, 5) is 65.9. The number of ether oxygens (including phenoxy) is 2. The average Bonchev–Trinajstić information content (AvgIpc) is 3.77. The van der Waals surface area contributed by atoms with Crippen molar-refractivity contribution in [3.05, 3.63) is 75.5 Å². The standard InChI is InChI=1S/C35H37N6O9P/c1-5-35(25-12-27-31-23(11-22-8-6-7-9-26(22)38-31)14-40(27)33(43)24(25)15-47-34(35)44)50-51(45,46)48-16-28-19(2)10-29(49-28)41-18-36-30-20(3)13-39(21(4)42)17-37-32(30)41/h6-9,11-12,17-20,28-29H,5,10,13-16H2,1-4H3,(H,45,46)/t19-,20+,28+,29+,35-/m0/s1. The summed E-state index contributed by atoms with van der Waals surface area (Å²) in [5, 5.41) is 0.931. The molecule has 1 aromatic carbocycles. The highest BCUT2D eigenvalue weighted by molar-refractivity contribution is 7.47. The Labute approximate surface area is 292 Å². The third-order valence-electron chi connectivity index (χ3n) is 10.4. The van der Waals surface area contributed by atoms with Crippen LogP contribution in [0, 0.1) is 5.92 Å². The lowest BCUT2D eigenvalue weighted by molar-refractivity contribution is -0.171. The van der Waals surface area contributed by atoms with Gasteiger partial charge in [0.25, 0.3) is 5.56 Å². The summed E-state index contributed by atoms with van der Waals surface area (Å²) in [6, 6.07) is 11.3. The second-order valence-electron chi connectivity index (χ2n) is 13.6. The molecule has 3 aromatic heterocycles. The first-order chi connectivity index (χ1) is 24.4. The maximum absolute atomic E-state index is 13.9. The molecule has 0 bridgehead atoms. The Hall–Kier alpha value is -4.53. The molecule has 4 aliphatic rings. The summed E-state index contributed by atoms with van der Waals surface area (Å²) < 4.78 is 40.1. The monoisotopic (exact) mass is 716 g/mol. The van der Waals surface area contributed by atoms with Crippen LogP contribution in [-0.4, -0.2) is 66.4 Å². The molecule has 1 saturated heterocycles. The molecule has 0 spiro atoms. The normalized spacial score (nSPS) is 26.2. The van der Waals surface area contributed by atoms with E-state index in [1.54, 1.807) is 28.5 Å². The van der Waals surface area contributed by atoms with Gasteiger partial charge in [0.05, 0.1) is 60.1 Å². The van der Waals surface area contributed by atoms with Gasteiger partial charge in [0, 0.05) is 35.9 Å². The molecule has 0 radical (unpaired) electrons. The van der Waals surface area contributed by atoms with E-state index in [2.05, 4.69) is 9.98 Å². The van der Waals surface area contributed by atoms with E-state index in [4.69, 9.17) is 23.5 Å². The van der Waals surface area contributed by atoms with Gasteiger partial charge in [0.2, 0.25) is 11.5 Å². The summed E-state index contributed by atoms with van der Waals surface area (Å²) in [6.45, 7) is 7.11. The number of amides is 1. The van der Waals surface area contributed by atoms with Gasteiger partial charge in [-0.05, 0) is 37.0 Å². The molecule has 1 fully saturated rings. The summed E-state index contributed by atoms with van der Waals surface area (Å²) >= 11 is 0. The molecule has 8 rings (SSSR count). The first-order valence-electron chi connectivity index (χ1n) is 16.9. The van der Waals surface area contributed by atoms with Gasteiger partial charge in [0.1, 0.15) is 12.8 Å². The van der Waals surface area contributed by atoms with E-state index in [9.17, 15) is 23.8 Å². The maximum Gasteiger partial charge on any atom is 0.473 e. The van der Waals surface area contributed by atoms with E-state index in [0.717, 1.165) is 22.2 Å². The van der Waals surface area contributed by atoms with Crippen molar-refractivity contribution in [2.24, 2.45) is 10.9 Å². The van der Waals surface area contributed by atoms with Crippen LogP contribution in [-0.2, 0) is 51.4 Å². The molecule has 1 amide bonds. The minimum atomic E-state index is -4.96. The van der Waals surface area contributed by atoms with Gasteiger partial charge in [-0.15, -0.1) is 0 Å². The summed E-state index contributed by atoms with van der Waals surface area (Å²) in [5.74, 6) is -0.611. The van der Waals surface area contributed by atoms with E-state index in [0.29, 0.717) is 30.2 Å². The van der Waals surface area contributed by atoms with Crippen LogP contribution in [0.1, 0.15) is 75.1 Å². The fraction of sp³-hybridized carbons (Fsp3) is 0.429. The van der Waals surface area contributed by atoms with Crippen molar-refractivity contribution in [3.8, 4) is 11.4 Å². The van der Waals surface area contributed by atoms with Crippen molar-refractivity contribution in [2.45, 2.75) is 77.5 Å². The number of hydrogen-bond acceptors (Lipinski definition) is 11. The number of aliphatic imine (C=N–C) groups is 1. The molecule has 16 heteroatoms.